The highest BCUT2D eigenvalue weighted by Gasteiger charge is 2.18. The standard InChI is InChI=1S/C22H23N5O3S/c1-4-30-21(28)14-31-22-25-24-20(27(22)16-9-11-17(29-3)12-10-16)13-26-15(2)23-18-7-5-6-8-19(18)26/h5-12H,4,13-14H2,1-3H3. The van der Waals surface area contributed by atoms with E-state index in [0.717, 1.165) is 34.1 Å². The summed E-state index contributed by atoms with van der Waals surface area (Å²) in [5.74, 6) is 2.27. The Morgan fingerprint density at radius 1 is 1.10 bits per heavy atom. The molecule has 160 valence electrons. The van der Waals surface area contributed by atoms with Gasteiger partial charge in [-0.1, -0.05) is 23.9 Å². The number of nitrogens with zero attached hydrogens (tertiary/aromatic N) is 5. The molecular weight excluding hydrogens is 414 g/mol. The number of thioether (sulfide) groups is 1. The van der Waals surface area contributed by atoms with Gasteiger partial charge in [0.1, 0.15) is 11.6 Å². The number of fused-ring (bicyclic) bond motifs is 1. The largest absolute Gasteiger partial charge is 0.497 e. The number of benzene rings is 2. The van der Waals surface area contributed by atoms with E-state index in [9.17, 15) is 4.79 Å². The molecule has 4 rings (SSSR count). The summed E-state index contributed by atoms with van der Waals surface area (Å²) in [7, 11) is 1.63. The fourth-order valence-electron chi connectivity index (χ4n) is 3.35. The topological polar surface area (TPSA) is 84.1 Å². The molecule has 31 heavy (non-hydrogen) atoms. The lowest BCUT2D eigenvalue weighted by Gasteiger charge is -2.12. The number of hydrogen-bond acceptors (Lipinski definition) is 7. The number of hydrogen-bond donors (Lipinski definition) is 0. The lowest BCUT2D eigenvalue weighted by Crippen LogP contribution is -2.11. The lowest BCUT2D eigenvalue weighted by atomic mass is 10.3. The molecule has 8 nitrogen and oxygen atoms in total. The van der Waals surface area contributed by atoms with Gasteiger partial charge in [-0.15, -0.1) is 10.2 Å². The number of aromatic nitrogens is 5. The molecule has 0 saturated carbocycles. The van der Waals surface area contributed by atoms with E-state index in [2.05, 4.69) is 19.7 Å². The monoisotopic (exact) mass is 437 g/mol. The van der Waals surface area contributed by atoms with Crippen molar-refractivity contribution < 1.29 is 14.3 Å². The van der Waals surface area contributed by atoms with Crippen molar-refractivity contribution in [3.8, 4) is 11.4 Å². The third kappa shape index (κ3) is 4.41. The average molecular weight is 438 g/mol. The van der Waals surface area contributed by atoms with Gasteiger partial charge in [-0.25, -0.2) is 4.98 Å². The van der Waals surface area contributed by atoms with Crippen LogP contribution in [0.15, 0.2) is 53.7 Å². The van der Waals surface area contributed by atoms with E-state index in [-0.39, 0.29) is 11.7 Å². The second-order valence-electron chi connectivity index (χ2n) is 6.76. The maximum Gasteiger partial charge on any atom is 0.316 e. The van der Waals surface area contributed by atoms with Crippen molar-refractivity contribution in [2.75, 3.05) is 19.5 Å². The highest BCUT2D eigenvalue weighted by molar-refractivity contribution is 7.99. The third-order valence-corrected chi connectivity index (χ3v) is 5.70. The minimum absolute atomic E-state index is 0.162. The number of rotatable bonds is 8. The van der Waals surface area contributed by atoms with Crippen LogP contribution in [0.4, 0.5) is 0 Å². The second-order valence-corrected chi connectivity index (χ2v) is 7.70. The molecule has 0 radical (unpaired) electrons. The summed E-state index contributed by atoms with van der Waals surface area (Å²) in [6.07, 6.45) is 0. The van der Waals surface area contributed by atoms with Crippen molar-refractivity contribution in [2.24, 2.45) is 0 Å². The molecule has 4 aromatic rings. The zero-order valence-corrected chi connectivity index (χ0v) is 18.4. The molecule has 0 atom stereocenters. The SMILES string of the molecule is CCOC(=O)CSc1nnc(Cn2c(C)nc3ccccc32)n1-c1ccc(OC)cc1. The number of methoxy groups -OCH3 is 1. The van der Waals surface area contributed by atoms with Crippen molar-refractivity contribution in [1.29, 1.82) is 0 Å². The van der Waals surface area contributed by atoms with Crippen molar-refractivity contribution in [1.82, 2.24) is 24.3 Å². The fraction of sp³-hybridized carbons (Fsp3) is 0.273. The Hall–Kier alpha value is -3.33. The third-order valence-electron chi connectivity index (χ3n) is 4.80. The van der Waals surface area contributed by atoms with E-state index in [1.165, 1.54) is 11.8 Å². The first-order valence-corrected chi connectivity index (χ1v) is 10.9. The van der Waals surface area contributed by atoms with Gasteiger partial charge in [-0.3, -0.25) is 9.36 Å². The van der Waals surface area contributed by atoms with Crippen molar-refractivity contribution in [2.45, 2.75) is 25.5 Å². The van der Waals surface area contributed by atoms with Gasteiger partial charge in [0, 0.05) is 5.69 Å². The van der Waals surface area contributed by atoms with Crippen LogP contribution in [-0.2, 0) is 16.1 Å². The molecule has 0 unspecified atom stereocenters. The number of esters is 1. The molecule has 0 amide bonds. The molecule has 0 aliphatic carbocycles. The van der Waals surface area contributed by atoms with E-state index >= 15 is 0 Å². The highest BCUT2D eigenvalue weighted by Crippen LogP contribution is 2.25. The molecule has 0 aliphatic rings. The number of imidazole rings is 1. The molecule has 2 aromatic heterocycles. The van der Waals surface area contributed by atoms with Crippen LogP contribution in [0.25, 0.3) is 16.7 Å². The Morgan fingerprint density at radius 3 is 2.61 bits per heavy atom. The van der Waals surface area contributed by atoms with Crippen molar-refractivity contribution >= 4 is 28.8 Å². The molecule has 0 bridgehead atoms. The number of aryl methyl sites for hydroxylation is 1. The van der Waals surface area contributed by atoms with Gasteiger partial charge in [-0.05, 0) is 50.2 Å². The molecule has 0 spiro atoms. The van der Waals surface area contributed by atoms with E-state index in [1.807, 2.05) is 60.0 Å². The van der Waals surface area contributed by atoms with Gasteiger partial charge >= 0.3 is 5.97 Å². The second kappa shape index (κ2) is 9.22. The van der Waals surface area contributed by atoms with Crippen LogP contribution < -0.4 is 4.74 Å². The summed E-state index contributed by atoms with van der Waals surface area (Å²) in [5.41, 5.74) is 2.85. The Balaban J connectivity index is 1.72. The van der Waals surface area contributed by atoms with Crippen LogP contribution in [-0.4, -0.2) is 49.8 Å². The van der Waals surface area contributed by atoms with Crippen LogP contribution in [0.1, 0.15) is 18.6 Å². The number of carbonyl (C=O) groups excluding carboxylic acids is 1. The first-order valence-electron chi connectivity index (χ1n) is 9.89. The molecule has 9 heteroatoms. The Morgan fingerprint density at radius 2 is 1.87 bits per heavy atom. The molecule has 0 aliphatic heterocycles. The minimum atomic E-state index is -0.283. The smallest absolute Gasteiger partial charge is 0.316 e. The lowest BCUT2D eigenvalue weighted by molar-refractivity contribution is -0.139. The Labute approximate surface area is 184 Å². The van der Waals surface area contributed by atoms with Crippen LogP contribution in [0.2, 0.25) is 0 Å². The molecule has 2 heterocycles. The van der Waals surface area contributed by atoms with Crippen LogP contribution in [0, 0.1) is 6.92 Å². The first kappa shape index (κ1) is 20.9. The minimum Gasteiger partial charge on any atom is -0.497 e. The molecule has 0 N–H and O–H groups in total. The van der Waals surface area contributed by atoms with E-state index in [1.54, 1.807) is 14.0 Å². The summed E-state index contributed by atoms with van der Waals surface area (Å²) >= 11 is 1.30. The first-order chi connectivity index (χ1) is 15.1. The van der Waals surface area contributed by atoms with Crippen molar-refractivity contribution in [3.63, 3.8) is 0 Å². The van der Waals surface area contributed by atoms with Crippen LogP contribution in [0.3, 0.4) is 0 Å². The van der Waals surface area contributed by atoms with Gasteiger partial charge in [0.2, 0.25) is 0 Å². The van der Waals surface area contributed by atoms with Crippen LogP contribution in [0.5, 0.6) is 5.75 Å². The van der Waals surface area contributed by atoms with Gasteiger partial charge in [0.15, 0.2) is 11.0 Å². The summed E-state index contributed by atoms with van der Waals surface area (Å²) < 4.78 is 14.4. The normalized spacial score (nSPS) is 11.1. The molecule has 2 aromatic carbocycles. The Bertz CT molecular complexity index is 1200. The predicted octanol–water partition coefficient (Wildman–Crippen LogP) is 3.64. The fourth-order valence-corrected chi connectivity index (χ4v) is 4.12. The van der Waals surface area contributed by atoms with Crippen molar-refractivity contribution in [3.05, 3.63) is 60.2 Å². The average Bonchev–Trinajstić information content (AvgIpc) is 3.33. The van der Waals surface area contributed by atoms with E-state index in [0.29, 0.717) is 18.3 Å². The van der Waals surface area contributed by atoms with Gasteiger partial charge in [-0.2, -0.15) is 0 Å². The zero-order valence-electron chi connectivity index (χ0n) is 17.6. The maximum atomic E-state index is 11.9. The molecule has 0 saturated heterocycles. The highest BCUT2D eigenvalue weighted by atomic mass is 32.2. The van der Waals surface area contributed by atoms with Crippen LogP contribution >= 0.6 is 11.8 Å². The molecular formula is C22H23N5O3S. The zero-order chi connectivity index (χ0) is 21.8. The summed E-state index contributed by atoms with van der Waals surface area (Å²) in [6.45, 7) is 4.61. The van der Waals surface area contributed by atoms with E-state index < -0.39 is 0 Å². The molecule has 0 fully saturated rings. The summed E-state index contributed by atoms with van der Waals surface area (Å²) in [4.78, 5) is 16.5. The van der Waals surface area contributed by atoms with Gasteiger partial charge in [0.25, 0.3) is 0 Å². The Kier molecular flexibility index (Phi) is 6.22. The number of ether oxygens (including phenoxy) is 2. The predicted molar refractivity (Wildman–Crippen MR) is 119 cm³/mol. The van der Waals surface area contributed by atoms with E-state index in [4.69, 9.17) is 9.47 Å². The summed E-state index contributed by atoms with van der Waals surface area (Å²) in [6, 6.07) is 15.7. The number of carbonyl (C=O) groups is 1. The number of para-hydroxylation sites is 2. The van der Waals surface area contributed by atoms with Gasteiger partial charge < -0.3 is 14.0 Å². The van der Waals surface area contributed by atoms with Gasteiger partial charge in [0.05, 0.1) is 37.0 Å². The quantitative estimate of drug-likeness (QED) is 0.307. The summed E-state index contributed by atoms with van der Waals surface area (Å²) in [5, 5.41) is 9.42. The maximum absolute atomic E-state index is 11.9.